The Bertz CT molecular complexity index is 14.4. The van der Waals surface area contributed by atoms with E-state index in [4.69, 9.17) is 7.98 Å². The zero-order chi connectivity index (χ0) is 3.58. The van der Waals surface area contributed by atoms with Gasteiger partial charge in [0.1, 0.15) is 0 Å². The van der Waals surface area contributed by atoms with Gasteiger partial charge in [0.05, 0.1) is 0 Å². The third-order valence-corrected chi connectivity index (χ3v) is 0. The summed E-state index contributed by atoms with van der Waals surface area (Å²) in [5.41, 5.74) is 0. The molecule has 0 heterocycles. The van der Waals surface area contributed by atoms with Crippen molar-refractivity contribution < 1.29 is 0 Å². The van der Waals surface area contributed by atoms with Crippen LogP contribution in [0.4, 0.5) is 0 Å². The molecule has 1 nitrogen and oxygen atoms in total. The van der Waals surface area contributed by atoms with E-state index in [9.17, 15) is 0 Å². The summed E-state index contributed by atoms with van der Waals surface area (Å²) in [7, 11) is 8.50. The van der Waals surface area contributed by atoms with Gasteiger partial charge in [0.2, 0.25) is 0 Å². The summed E-state index contributed by atoms with van der Waals surface area (Å²) in [4.78, 5) is 1.50. The SMILES string of the molecule is [B]N(C)C.[PbH]. The van der Waals surface area contributed by atoms with Gasteiger partial charge in [-0.2, -0.15) is 0 Å². The average Bonchev–Trinajstić information content (AvgIpc) is 0.811. The molecule has 0 aliphatic rings. The summed E-state index contributed by atoms with van der Waals surface area (Å²) in [6.07, 6.45) is 0. The Labute approximate surface area is 54.3 Å². The van der Waals surface area contributed by atoms with Crippen molar-refractivity contribution in [1.29, 1.82) is 0 Å². The number of nitrogens with zero attached hydrogens (tertiary/aromatic N) is 1. The van der Waals surface area contributed by atoms with Gasteiger partial charge in [-0.25, -0.2) is 0 Å². The van der Waals surface area contributed by atoms with Crippen molar-refractivity contribution in [1.82, 2.24) is 4.81 Å². The van der Waals surface area contributed by atoms with Crippen molar-refractivity contribution in [3.63, 3.8) is 0 Å². The Balaban J connectivity index is 0. The summed E-state index contributed by atoms with van der Waals surface area (Å²) in [6, 6.07) is 0. The molecule has 0 aromatic rings. The summed E-state index contributed by atoms with van der Waals surface area (Å²) in [5.74, 6) is 0. The molecule has 3 heteroatoms. The van der Waals surface area contributed by atoms with Crippen LogP contribution in [0.15, 0.2) is 0 Å². The predicted molar refractivity (Wildman–Crippen MR) is 26.6 cm³/mol. The first-order chi connectivity index (χ1) is 1.73. The standard InChI is InChI=1S/C2H6BN.Pb.H/c1-4(2)3;;/h1-2H3;;. The van der Waals surface area contributed by atoms with E-state index in [0.29, 0.717) is 0 Å². The molecule has 0 aliphatic carbocycles. The molecule has 0 aliphatic heterocycles. The number of hydrogen-bond acceptors (Lipinski definition) is 1. The fourth-order valence-electron chi connectivity index (χ4n) is 0. The van der Waals surface area contributed by atoms with E-state index in [2.05, 4.69) is 0 Å². The van der Waals surface area contributed by atoms with Gasteiger partial charge in [0.25, 0.3) is 0 Å². The van der Waals surface area contributed by atoms with Gasteiger partial charge in [0.15, 0.2) is 7.98 Å². The first-order valence-corrected chi connectivity index (χ1v) is 1.15. The fourth-order valence-corrected chi connectivity index (χ4v) is 0. The summed E-state index contributed by atoms with van der Waals surface area (Å²) >= 11 is 0. The minimum absolute atomic E-state index is 0. The molecule has 0 rings (SSSR count). The molecule has 0 aromatic heterocycles. The first-order valence-electron chi connectivity index (χ1n) is 1.15. The van der Waals surface area contributed by atoms with Crippen LogP contribution in [-0.4, -0.2) is 54.2 Å². The molecular weight excluding hydrogens is 256 g/mol. The molecule has 5 heavy (non-hydrogen) atoms. The minimum atomic E-state index is 0. The Morgan fingerprint density at radius 2 is 1.40 bits per heavy atom. The van der Waals surface area contributed by atoms with E-state index in [0.717, 1.165) is 0 Å². The van der Waals surface area contributed by atoms with Crippen molar-refractivity contribution in [3.8, 4) is 0 Å². The van der Waals surface area contributed by atoms with Gasteiger partial charge < -0.3 is 4.81 Å². The Morgan fingerprint density at radius 3 is 1.40 bits per heavy atom. The van der Waals surface area contributed by atoms with Crippen molar-refractivity contribution in [2.75, 3.05) is 14.1 Å². The third kappa shape index (κ3) is 47.9. The molecule has 0 amide bonds. The molecule has 0 bridgehead atoms. The monoisotopic (exact) mass is 264 g/mol. The second-order valence-electron chi connectivity index (χ2n) is 0.964. The summed E-state index contributed by atoms with van der Waals surface area (Å²) in [5, 5.41) is 0. The van der Waals surface area contributed by atoms with E-state index in [-0.39, 0.29) is 27.3 Å². The van der Waals surface area contributed by atoms with Gasteiger partial charge >= 0.3 is 27.3 Å². The molecule has 0 spiro atoms. The van der Waals surface area contributed by atoms with E-state index in [1.165, 1.54) is 4.81 Å². The molecule has 0 unspecified atom stereocenters. The van der Waals surface area contributed by atoms with Crippen LogP contribution in [0.25, 0.3) is 0 Å². The Morgan fingerprint density at radius 1 is 1.40 bits per heavy atom. The fraction of sp³-hybridized carbons (Fsp3) is 1.00. The zero-order valence-corrected chi connectivity index (χ0v) is 8.09. The second-order valence-corrected chi connectivity index (χ2v) is 0.964. The topological polar surface area (TPSA) is 3.24 Å². The van der Waals surface area contributed by atoms with Crippen LogP contribution in [0, 0.1) is 0 Å². The average molecular weight is 263 g/mol. The van der Waals surface area contributed by atoms with E-state index >= 15 is 0 Å². The van der Waals surface area contributed by atoms with E-state index in [1.807, 2.05) is 0 Å². The summed E-state index contributed by atoms with van der Waals surface area (Å²) in [6.45, 7) is 0. The normalized spacial score (nSPS) is 7.00. The van der Waals surface area contributed by atoms with E-state index in [1.54, 1.807) is 14.1 Å². The van der Waals surface area contributed by atoms with Crippen molar-refractivity contribution in [2.24, 2.45) is 0 Å². The van der Waals surface area contributed by atoms with Crippen LogP contribution < -0.4 is 0 Å². The Hall–Kier alpha value is 0.947. The quantitative estimate of drug-likeness (QED) is 0.506. The molecular formula is C2H7BNPb. The maximum atomic E-state index is 4.94. The predicted octanol–water partition coefficient (Wildman–Crippen LogP) is -1.02. The van der Waals surface area contributed by atoms with Gasteiger partial charge in [-0.1, -0.05) is 0 Å². The van der Waals surface area contributed by atoms with Crippen molar-refractivity contribution in [2.45, 2.75) is 0 Å². The Kier molecular flexibility index (Phi) is 9.24. The molecule has 0 saturated carbocycles. The first kappa shape index (κ1) is 9.34. The molecule has 5 radical (unpaired) electrons. The van der Waals surface area contributed by atoms with Crippen LogP contribution >= 0.6 is 0 Å². The van der Waals surface area contributed by atoms with Crippen molar-refractivity contribution >= 4 is 35.3 Å². The summed E-state index contributed by atoms with van der Waals surface area (Å²) < 4.78 is 0. The molecule has 0 aromatic carbocycles. The zero-order valence-electron chi connectivity index (χ0n) is 3.60. The van der Waals surface area contributed by atoms with Gasteiger partial charge in [0, 0.05) is 0 Å². The number of rotatable bonds is 0. The van der Waals surface area contributed by atoms with Crippen molar-refractivity contribution in [3.05, 3.63) is 0 Å². The van der Waals surface area contributed by atoms with Crippen LogP contribution in [0.1, 0.15) is 0 Å². The van der Waals surface area contributed by atoms with Crippen LogP contribution in [0.2, 0.25) is 0 Å². The van der Waals surface area contributed by atoms with E-state index < -0.39 is 0 Å². The van der Waals surface area contributed by atoms with Crippen LogP contribution in [-0.2, 0) is 0 Å². The molecule has 0 atom stereocenters. The number of hydrogen-bond donors (Lipinski definition) is 0. The molecule has 0 fully saturated rings. The van der Waals surface area contributed by atoms with Gasteiger partial charge in [-0.05, 0) is 14.1 Å². The van der Waals surface area contributed by atoms with Gasteiger partial charge in [-0.3, -0.25) is 0 Å². The maximum absolute atomic E-state index is 4.94. The third-order valence-electron chi connectivity index (χ3n) is 0. The van der Waals surface area contributed by atoms with Crippen LogP contribution in [0.5, 0.6) is 0 Å². The molecule has 0 N–H and O–H groups in total. The second kappa shape index (κ2) is 4.95. The molecule has 27 valence electrons. The molecule has 0 saturated heterocycles. The van der Waals surface area contributed by atoms with Crippen LogP contribution in [0.3, 0.4) is 0 Å². The van der Waals surface area contributed by atoms with Gasteiger partial charge in [-0.15, -0.1) is 0 Å².